The van der Waals surface area contributed by atoms with Crippen LogP contribution in [0.2, 0.25) is 0 Å². The molecular weight excluding hydrogens is 466 g/mol. The van der Waals surface area contributed by atoms with Gasteiger partial charge in [0.1, 0.15) is 18.2 Å². The molecule has 1 unspecified atom stereocenters. The molecule has 3 N–H and O–H groups in total. The van der Waals surface area contributed by atoms with E-state index in [2.05, 4.69) is 20.5 Å². The van der Waals surface area contributed by atoms with Gasteiger partial charge in [0.15, 0.2) is 5.66 Å². The maximum atomic E-state index is 13.6. The highest BCUT2D eigenvalue weighted by molar-refractivity contribution is 5.84. The van der Waals surface area contributed by atoms with Gasteiger partial charge in [0.2, 0.25) is 5.89 Å². The number of rotatable bonds is 5. The molecule has 1 aliphatic heterocycles. The van der Waals surface area contributed by atoms with Gasteiger partial charge in [0.05, 0.1) is 6.34 Å². The van der Waals surface area contributed by atoms with Crippen LogP contribution in [-0.2, 0) is 18.4 Å². The molecular formula is C24H17F4N5O2. The van der Waals surface area contributed by atoms with Crippen LogP contribution in [0.3, 0.4) is 0 Å². The van der Waals surface area contributed by atoms with Crippen LogP contribution in [0.25, 0.3) is 11.5 Å². The molecule has 11 heteroatoms. The number of para-hydroxylation sites is 1. The van der Waals surface area contributed by atoms with Crippen LogP contribution < -0.4 is 15.8 Å². The predicted octanol–water partition coefficient (Wildman–Crippen LogP) is 5.09. The lowest BCUT2D eigenvalue weighted by Crippen LogP contribution is -2.39. The van der Waals surface area contributed by atoms with E-state index in [0.29, 0.717) is 28.1 Å². The number of alkyl halides is 3. The van der Waals surface area contributed by atoms with Gasteiger partial charge >= 0.3 is 12.1 Å². The van der Waals surface area contributed by atoms with Crippen molar-refractivity contribution < 1.29 is 26.7 Å². The summed E-state index contributed by atoms with van der Waals surface area (Å²) in [5.74, 6) is -1.73. The highest BCUT2D eigenvalue weighted by atomic mass is 19.4. The molecule has 1 aliphatic rings. The van der Waals surface area contributed by atoms with E-state index in [1.165, 1.54) is 30.6 Å². The summed E-state index contributed by atoms with van der Waals surface area (Å²) in [5.41, 5.74) is 7.72. The maximum absolute atomic E-state index is 13.6. The van der Waals surface area contributed by atoms with Crippen molar-refractivity contribution in [2.75, 3.05) is 5.32 Å². The number of hydrogen-bond acceptors (Lipinski definition) is 7. The summed E-state index contributed by atoms with van der Waals surface area (Å²) in [6.07, 6.45) is -3.33. The molecule has 0 radical (unpaired) electrons. The van der Waals surface area contributed by atoms with Crippen LogP contribution in [0.4, 0.5) is 23.2 Å². The molecule has 0 fully saturated rings. The molecule has 0 saturated heterocycles. The molecule has 0 aliphatic carbocycles. The topological polar surface area (TPSA) is 98.6 Å². The first-order chi connectivity index (χ1) is 16.7. The molecule has 0 saturated carbocycles. The fourth-order valence-electron chi connectivity index (χ4n) is 3.76. The zero-order chi connectivity index (χ0) is 24.6. The Hall–Kier alpha value is -4.25. The van der Waals surface area contributed by atoms with Crippen molar-refractivity contribution in [3.05, 3.63) is 95.1 Å². The molecule has 4 aromatic rings. The first-order valence-electron chi connectivity index (χ1n) is 10.4. The van der Waals surface area contributed by atoms with Crippen molar-refractivity contribution >= 4 is 12.0 Å². The van der Waals surface area contributed by atoms with Gasteiger partial charge < -0.3 is 14.5 Å². The minimum Gasteiger partial charge on any atom is -0.488 e. The predicted molar refractivity (Wildman–Crippen MR) is 119 cm³/mol. The quantitative estimate of drug-likeness (QED) is 0.384. The number of fused-ring (bicyclic) bond motifs is 1. The van der Waals surface area contributed by atoms with Gasteiger partial charge in [-0.3, -0.25) is 5.73 Å². The van der Waals surface area contributed by atoms with Crippen LogP contribution in [0.5, 0.6) is 5.75 Å². The van der Waals surface area contributed by atoms with E-state index in [-0.39, 0.29) is 23.9 Å². The number of halogens is 4. The molecule has 0 bridgehead atoms. The number of hydrogen-bond donors (Lipinski definition) is 2. The molecule has 3 aromatic carbocycles. The third kappa shape index (κ3) is 4.33. The Balaban J connectivity index is 1.52. The number of anilines is 1. The second-order valence-electron chi connectivity index (χ2n) is 7.75. The first kappa shape index (κ1) is 22.5. The summed E-state index contributed by atoms with van der Waals surface area (Å²) >= 11 is 0. The molecule has 1 aromatic heterocycles. The lowest BCUT2D eigenvalue weighted by atomic mass is 9.88. The Morgan fingerprint density at radius 3 is 2.57 bits per heavy atom. The van der Waals surface area contributed by atoms with Crippen molar-refractivity contribution in [1.29, 1.82) is 0 Å². The number of aromatic nitrogens is 2. The van der Waals surface area contributed by atoms with E-state index < -0.39 is 17.7 Å². The maximum Gasteiger partial charge on any atom is 0.470 e. The van der Waals surface area contributed by atoms with Gasteiger partial charge in [0, 0.05) is 22.4 Å². The molecule has 1 atom stereocenters. The fourth-order valence-corrected chi connectivity index (χ4v) is 3.76. The summed E-state index contributed by atoms with van der Waals surface area (Å²) < 4.78 is 63.1. The molecule has 0 spiro atoms. The van der Waals surface area contributed by atoms with E-state index in [4.69, 9.17) is 14.9 Å². The van der Waals surface area contributed by atoms with Crippen molar-refractivity contribution in [1.82, 2.24) is 10.2 Å². The van der Waals surface area contributed by atoms with Gasteiger partial charge in [-0.2, -0.15) is 13.2 Å². The van der Waals surface area contributed by atoms with Gasteiger partial charge in [-0.05, 0) is 42.0 Å². The van der Waals surface area contributed by atoms with Crippen LogP contribution in [0.15, 0.2) is 76.1 Å². The van der Waals surface area contributed by atoms with E-state index in [1.807, 2.05) is 0 Å². The van der Waals surface area contributed by atoms with E-state index in [1.54, 1.807) is 42.5 Å². The summed E-state index contributed by atoms with van der Waals surface area (Å²) in [7, 11) is 0. The highest BCUT2D eigenvalue weighted by Crippen LogP contribution is 2.42. The smallest absolute Gasteiger partial charge is 0.470 e. The molecule has 2 heterocycles. The van der Waals surface area contributed by atoms with E-state index in [9.17, 15) is 17.6 Å². The minimum atomic E-state index is -4.76. The van der Waals surface area contributed by atoms with Gasteiger partial charge in [-0.25, -0.2) is 9.38 Å². The summed E-state index contributed by atoms with van der Waals surface area (Å²) in [6.45, 7) is 0.0852. The first-order valence-corrected chi connectivity index (χ1v) is 10.4. The van der Waals surface area contributed by atoms with Crippen LogP contribution >= 0.6 is 0 Å². The standard InChI is InChI=1S/C24H17F4N5O2/c25-16-5-3-4-14(10-16)12-34-20-7-2-1-6-17(20)23(29)18-11-15(8-9-19(18)30-13-31-23)21-32-33-22(35-21)24(26,27)28/h1-11,13H,12,29H2,(H,30,31). The van der Waals surface area contributed by atoms with Crippen molar-refractivity contribution in [3.63, 3.8) is 0 Å². The minimum absolute atomic E-state index is 0.0852. The highest BCUT2D eigenvalue weighted by Gasteiger charge is 2.39. The van der Waals surface area contributed by atoms with Gasteiger partial charge in [-0.1, -0.05) is 30.3 Å². The number of benzene rings is 3. The number of aliphatic imine (C=N–C) groups is 1. The third-order valence-electron chi connectivity index (χ3n) is 5.41. The second-order valence-corrected chi connectivity index (χ2v) is 7.75. The second kappa shape index (κ2) is 8.51. The van der Waals surface area contributed by atoms with Crippen molar-refractivity contribution in [2.24, 2.45) is 10.7 Å². The monoisotopic (exact) mass is 483 g/mol. The molecule has 35 heavy (non-hydrogen) atoms. The fraction of sp³-hybridized carbons (Fsp3) is 0.125. The van der Waals surface area contributed by atoms with E-state index >= 15 is 0 Å². The Morgan fingerprint density at radius 2 is 1.80 bits per heavy atom. The molecule has 5 rings (SSSR count). The molecule has 7 nitrogen and oxygen atoms in total. The number of nitrogens with two attached hydrogens (primary N) is 1. The van der Waals surface area contributed by atoms with Crippen molar-refractivity contribution in [3.8, 4) is 17.2 Å². The van der Waals surface area contributed by atoms with Crippen LogP contribution in [0.1, 0.15) is 22.6 Å². The lowest BCUT2D eigenvalue weighted by molar-refractivity contribution is -0.156. The Morgan fingerprint density at radius 1 is 0.971 bits per heavy atom. The van der Waals surface area contributed by atoms with Crippen LogP contribution in [-0.4, -0.2) is 16.5 Å². The molecule has 0 amide bonds. The summed E-state index contributed by atoms with van der Waals surface area (Å²) in [6, 6.07) is 17.7. The zero-order valence-electron chi connectivity index (χ0n) is 17.9. The Bertz CT molecular complexity index is 1420. The third-order valence-corrected chi connectivity index (χ3v) is 5.41. The number of nitrogens with one attached hydrogen (secondary N) is 1. The Labute approximate surface area is 196 Å². The van der Waals surface area contributed by atoms with Gasteiger partial charge in [0.25, 0.3) is 0 Å². The normalized spacial score (nSPS) is 17.1. The summed E-state index contributed by atoms with van der Waals surface area (Å²) in [4.78, 5) is 4.44. The lowest BCUT2D eigenvalue weighted by Gasteiger charge is -2.32. The van der Waals surface area contributed by atoms with Crippen LogP contribution in [0, 0.1) is 5.82 Å². The van der Waals surface area contributed by atoms with Crippen molar-refractivity contribution in [2.45, 2.75) is 18.4 Å². The average molecular weight is 483 g/mol. The zero-order valence-corrected chi connectivity index (χ0v) is 17.9. The molecule has 178 valence electrons. The van der Waals surface area contributed by atoms with Gasteiger partial charge in [-0.15, -0.1) is 10.2 Å². The average Bonchev–Trinajstić information content (AvgIpc) is 3.34. The largest absolute Gasteiger partial charge is 0.488 e. The van der Waals surface area contributed by atoms with E-state index in [0.717, 1.165) is 0 Å². The SMILES string of the molecule is NC1(c2ccccc2OCc2cccc(F)c2)N=CNc2ccc(-c3nnc(C(F)(F)F)o3)cc21. The number of ether oxygens (including phenoxy) is 1. The number of nitrogens with zero attached hydrogens (tertiary/aromatic N) is 3. The Kier molecular flexibility index (Phi) is 5.48. The summed E-state index contributed by atoms with van der Waals surface area (Å²) in [5, 5.41) is 9.58.